The molecule has 2 aromatic carbocycles. The molecule has 1 heterocycles. The average molecular weight is 391 g/mol. The van der Waals surface area contributed by atoms with E-state index in [1.54, 1.807) is 6.07 Å². The van der Waals surface area contributed by atoms with Crippen molar-refractivity contribution in [3.63, 3.8) is 0 Å². The molecular weight excluding hydrogens is 367 g/mol. The van der Waals surface area contributed by atoms with Crippen LogP contribution in [-0.4, -0.2) is 23.9 Å². The predicted molar refractivity (Wildman–Crippen MR) is 109 cm³/mol. The van der Waals surface area contributed by atoms with E-state index in [1.807, 2.05) is 30.3 Å². The Morgan fingerprint density at radius 1 is 1.15 bits per heavy atom. The topological polar surface area (TPSA) is 32.3 Å². The van der Waals surface area contributed by atoms with Crippen LogP contribution in [0.3, 0.4) is 0 Å². The van der Waals surface area contributed by atoms with E-state index in [9.17, 15) is 4.79 Å². The first-order valence-corrected chi connectivity index (χ1v) is 9.72. The van der Waals surface area contributed by atoms with Gasteiger partial charge in [-0.15, -0.1) is 0 Å². The van der Waals surface area contributed by atoms with Crippen molar-refractivity contribution in [1.29, 1.82) is 0 Å². The number of hydrogen-bond acceptors (Lipinski definition) is 2. The normalized spacial score (nSPS) is 17.9. The van der Waals surface area contributed by atoms with E-state index >= 15 is 0 Å². The second-order valence-electron chi connectivity index (χ2n) is 7.10. The number of anilines is 1. The Bertz CT molecular complexity index is 807. The molecular formula is C21H24Cl2N2O. The zero-order valence-electron chi connectivity index (χ0n) is 15.2. The van der Waals surface area contributed by atoms with Crippen LogP contribution in [0.15, 0.2) is 36.4 Å². The number of likely N-dealkylation sites (tertiary alicyclic amines) is 1. The Balaban J connectivity index is 1.62. The highest BCUT2D eigenvalue weighted by Crippen LogP contribution is 2.25. The van der Waals surface area contributed by atoms with Crippen molar-refractivity contribution in [2.75, 3.05) is 18.4 Å². The Morgan fingerprint density at radius 3 is 2.69 bits per heavy atom. The largest absolute Gasteiger partial charge is 0.326 e. The number of carbonyl (C=O) groups excluding carboxylic acids is 1. The second-order valence-corrected chi connectivity index (χ2v) is 7.94. The molecule has 1 amide bonds. The minimum Gasteiger partial charge on any atom is -0.326 e. The van der Waals surface area contributed by atoms with Crippen LogP contribution in [-0.2, 0) is 11.3 Å². The molecule has 26 heavy (non-hydrogen) atoms. The molecule has 0 radical (unpaired) electrons. The summed E-state index contributed by atoms with van der Waals surface area (Å²) < 4.78 is 0. The first-order chi connectivity index (χ1) is 12.4. The van der Waals surface area contributed by atoms with Crippen LogP contribution in [0.4, 0.5) is 5.69 Å². The van der Waals surface area contributed by atoms with Crippen LogP contribution in [0.2, 0.25) is 10.0 Å². The van der Waals surface area contributed by atoms with Crippen LogP contribution >= 0.6 is 23.2 Å². The highest BCUT2D eigenvalue weighted by molar-refractivity contribution is 6.35. The molecule has 3 rings (SSSR count). The van der Waals surface area contributed by atoms with Gasteiger partial charge in [-0.2, -0.15) is 0 Å². The van der Waals surface area contributed by atoms with Crippen molar-refractivity contribution in [3.8, 4) is 0 Å². The summed E-state index contributed by atoms with van der Waals surface area (Å²) in [6, 6.07) is 11.6. The third kappa shape index (κ3) is 4.79. The summed E-state index contributed by atoms with van der Waals surface area (Å²) in [6.07, 6.45) is 1.93. The standard InChI is InChI=1S/C21H24Cl2N2O/c1-14-5-8-19(10-15(14)2)24-21(26)17-4-3-9-25(13-17)12-16-6-7-18(22)11-20(16)23/h5-8,10-11,17H,3-4,9,12-13H2,1-2H3,(H,24,26)/t17-/m1/s1. The summed E-state index contributed by atoms with van der Waals surface area (Å²) in [7, 11) is 0. The molecule has 0 aromatic heterocycles. The van der Waals surface area contributed by atoms with Crippen LogP contribution in [0.25, 0.3) is 0 Å². The van der Waals surface area contributed by atoms with E-state index in [2.05, 4.69) is 24.1 Å². The molecule has 0 bridgehead atoms. The number of nitrogens with one attached hydrogen (secondary N) is 1. The molecule has 1 aliphatic rings. The van der Waals surface area contributed by atoms with Gasteiger partial charge < -0.3 is 5.32 Å². The molecule has 1 N–H and O–H groups in total. The lowest BCUT2D eigenvalue weighted by Gasteiger charge is -2.32. The van der Waals surface area contributed by atoms with Crippen LogP contribution in [0, 0.1) is 19.8 Å². The Kier molecular flexibility index (Phi) is 6.23. The first kappa shape index (κ1) is 19.2. The summed E-state index contributed by atoms with van der Waals surface area (Å²) >= 11 is 12.3. The van der Waals surface area contributed by atoms with Gasteiger partial charge in [0.1, 0.15) is 0 Å². The molecule has 2 aromatic rings. The predicted octanol–water partition coefficient (Wildman–Crippen LogP) is 5.46. The van der Waals surface area contributed by atoms with Crippen LogP contribution < -0.4 is 5.32 Å². The summed E-state index contributed by atoms with van der Waals surface area (Å²) in [6.45, 7) is 6.59. The lowest BCUT2D eigenvalue weighted by atomic mass is 9.96. The van der Waals surface area contributed by atoms with Crippen molar-refractivity contribution in [2.45, 2.75) is 33.2 Å². The maximum Gasteiger partial charge on any atom is 0.228 e. The lowest BCUT2D eigenvalue weighted by Crippen LogP contribution is -2.40. The van der Waals surface area contributed by atoms with Gasteiger partial charge in [0.2, 0.25) is 5.91 Å². The van der Waals surface area contributed by atoms with Gasteiger partial charge >= 0.3 is 0 Å². The number of hydrogen-bond donors (Lipinski definition) is 1. The monoisotopic (exact) mass is 390 g/mol. The van der Waals surface area contributed by atoms with Crippen LogP contribution in [0.1, 0.15) is 29.5 Å². The van der Waals surface area contributed by atoms with E-state index in [1.165, 1.54) is 11.1 Å². The minimum atomic E-state index is -0.00330. The van der Waals surface area contributed by atoms with Gasteiger partial charge in [-0.05, 0) is 74.2 Å². The summed E-state index contributed by atoms with van der Waals surface area (Å²) in [5.74, 6) is 0.0941. The van der Waals surface area contributed by atoms with Gasteiger partial charge in [0.05, 0.1) is 5.92 Å². The second kappa shape index (κ2) is 8.43. The number of aryl methyl sites for hydroxylation is 2. The van der Waals surface area contributed by atoms with Gasteiger partial charge in [-0.1, -0.05) is 35.3 Å². The zero-order chi connectivity index (χ0) is 18.7. The molecule has 0 aliphatic carbocycles. The highest BCUT2D eigenvalue weighted by Gasteiger charge is 2.26. The number of rotatable bonds is 4. The molecule has 1 aliphatic heterocycles. The summed E-state index contributed by atoms with van der Waals surface area (Å²) in [5.41, 5.74) is 4.33. The summed E-state index contributed by atoms with van der Waals surface area (Å²) in [5, 5.41) is 4.40. The molecule has 0 spiro atoms. The highest BCUT2D eigenvalue weighted by atomic mass is 35.5. The van der Waals surface area contributed by atoms with Crippen molar-refractivity contribution >= 4 is 34.8 Å². The van der Waals surface area contributed by atoms with Gasteiger partial charge in [0, 0.05) is 28.8 Å². The van der Waals surface area contributed by atoms with Crippen molar-refractivity contribution in [3.05, 3.63) is 63.1 Å². The fraction of sp³-hybridized carbons (Fsp3) is 0.381. The molecule has 138 valence electrons. The third-order valence-corrected chi connectivity index (χ3v) is 5.65. The molecule has 1 saturated heterocycles. The van der Waals surface area contributed by atoms with Crippen molar-refractivity contribution in [1.82, 2.24) is 4.90 Å². The SMILES string of the molecule is Cc1ccc(NC(=O)[C@@H]2CCCN(Cc3ccc(Cl)cc3Cl)C2)cc1C. The minimum absolute atomic E-state index is 0.00330. The maximum absolute atomic E-state index is 12.7. The molecule has 1 atom stereocenters. The van der Waals surface area contributed by atoms with Crippen molar-refractivity contribution < 1.29 is 4.79 Å². The van der Waals surface area contributed by atoms with E-state index < -0.39 is 0 Å². The van der Waals surface area contributed by atoms with Crippen molar-refractivity contribution in [2.24, 2.45) is 5.92 Å². The molecule has 0 unspecified atom stereocenters. The average Bonchev–Trinajstić information content (AvgIpc) is 2.61. The van der Waals surface area contributed by atoms with Gasteiger partial charge in [0.15, 0.2) is 0 Å². The molecule has 3 nitrogen and oxygen atoms in total. The molecule has 0 saturated carbocycles. The van der Waals surface area contributed by atoms with Gasteiger partial charge in [-0.3, -0.25) is 9.69 Å². The van der Waals surface area contributed by atoms with E-state index in [4.69, 9.17) is 23.2 Å². The van der Waals surface area contributed by atoms with Crippen LogP contribution in [0.5, 0.6) is 0 Å². The van der Waals surface area contributed by atoms with E-state index in [-0.39, 0.29) is 11.8 Å². The van der Waals surface area contributed by atoms with Gasteiger partial charge in [-0.25, -0.2) is 0 Å². The number of halogens is 2. The Morgan fingerprint density at radius 2 is 1.96 bits per heavy atom. The molecule has 1 fully saturated rings. The Labute approximate surface area is 165 Å². The first-order valence-electron chi connectivity index (χ1n) is 8.97. The third-order valence-electron chi connectivity index (χ3n) is 5.06. The quantitative estimate of drug-likeness (QED) is 0.751. The van der Waals surface area contributed by atoms with E-state index in [0.717, 1.165) is 43.7 Å². The number of amides is 1. The maximum atomic E-state index is 12.7. The zero-order valence-corrected chi connectivity index (χ0v) is 16.7. The van der Waals surface area contributed by atoms with E-state index in [0.29, 0.717) is 10.0 Å². The van der Waals surface area contributed by atoms with Gasteiger partial charge in [0.25, 0.3) is 0 Å². The fourth-order valence-corrected chi connectivity index (χ4v) is 3.84. The lowest BCUT2D eigenvalue weighted by molar-refractivity contribution is -0.121. The summed E-state index contributed by atoms with van der Waals surface area (Å²) in [4.78, 5) is 15.0. The number of benzene rings is 2. The number of nitrogens with zero attached hydrogens (tertiary/aromatic N) is 1. The number of carbonyl (C=O) groups is 1. The molecule has 5 heteroatoms. The smallest absolute Gasteiger partial charge is 0.228 e. The Hall–Kier alpha value is -1.55. The fourth-order valence-electron chi connectivity index (χ4n) is 3.37. The number of piperidine rings is 1.